The third-order valence-electron chi connectivity index (χ3n) is 6.19. The molecule has 8 nitrogen and oxygen atoms in total. The zero-order valence-electron chi connectivity index (χ0n) is 19.2. The van der Waals surface area contributed by atoms with Crippen molar-refractivity contribution in [3.8, 4) is 5.88 Å². The van der Waals surface area contributed by atoms with Crippen molar-refractivity contribution in [2.45, 2.75) is 56.8 Å². The highest BCUT2D eigenvalue weighted by atomic mass is 35.5. The lowest BCUT2D eigenvalue weighted by Gasteiger charge is -2.17. The van der Waals surface area contributed by atoms with Gasteiger partial charge in [0.05, 0.1) is 23.7 Å². The average molecular weight is 504 g/mol. The lowest BCUT2D eigenvalue weighted by atomic mass is 9.98. The first-order chi connectivity index (χ1) is 16.0. The summed E-state index contributed by atoms with van der Waals surface area (Å²) in [6.07, 6.45) is 7.79. The molecule has 0 saturated heterocycles. The molecule has 1 aliphatic heterocycles. The van der Waals surface area contributed by atoms with E-state index >= 15 is 0 Å². The number of fused-ring (bicyclic) bond motifs is 1. The van der Waals surface area contributed by atoms with Crippen LogP contribution in [0.3, 0.4) is 0 Å². The van der Waals surface area contributed by atoms with E-state index in [4.69, 9.17) is 9.72 Å². The summed E-state index contributed by atoms with van der Waals surface area (Å²) in [5, 5.41) is 18.5. The molecule has 0 radical (unpaired) electrons. The fraction of sp³-hybridized carbons (Fsp3) is 0.500. The summed E-state index contributed by atoms with van der Waals surface area (Å²) < 4.78 is 7.71. The Morgan fingerprint density at radius 3 is 3.00 bits per heavy atom. The van der Waals surface area contributed by atoms with E-state index in [0.717, 1.165) is 46.5 Å². The van der Waals surface area contributed by atoms with Gasteiger partial charge in [-0.2, -0.15) is 5.10 Å². The smallest absolute Gasteiger partial charge is 0.304 e. The van der Waals surface area contributed by atoms with Crippen molar-refractivity contribution in [2.75, 3.05) is 18.5 Å². The molecule has 10 heteroatoms. The second kappa shape index (κ2) is 10.7. The summed E-state index contributed by atoms with van der Waals surface area (Å²) in [6, 6.07) is 6.15. The van der Waals surface area contributed by atoms with Crippen molar-refractivity contribution in [2.24, 2.45) is 7.05 Å². The topological polar surface area (TPSA) is 102 Å². The molecule has 1 fully saturated rings. The van der Waals surface area contributed by atoms with Crippen molar-refractivity contribution < 1.29 is 14.6 Å². The van der Waals surface area contributed by atoms with E-state index < -0.39 is 5.97 Å². The number of nitrogens with zero attached hydrogens (tertiary/aromatic N) is 4. The van der Waals surface area contributed by atoms with Gasteiger partial charge in [0.15, 0.2) is 0 Å². The third kappa shape index (κ3) is 5.88. The van der Waals surface area contributed by atoms with Crippen molar-refractivity contribution in [1.82, 2.24) is 19.7 Å². The maximum absolute atomic E-state index is 11.5. The number of aliphatic carboxylic acids is 1. The van der Waals surface area contributed by atoms with Crippen LogP contribution in [0.25, 0.3) is 0 Å². The fourth-order valence-electron chi connectivity index (χ4n) is 4.25. The number of carboxylic acid groups (broad SMARTS) is 1. The van der Waals surface area contributed by atoms with Gasteiger partial charge < -0.3 is 15.2 Å². The molecule has 34 heavy (non-hydrogen) atoms. The van der Waals surface area contributed by atoms with E-state index in [0.29, 0.717) is 31.2 Å². The lowest BCUT2D eigenvalue weighted by Crippen LogP contribution is -2.14. The van der Waals surface area contributed by atoms with Gasteiger partial charge in [0.25, 0.3) is 0 Å². The van der Waals surface area contributed by atoms with Crippen LogP contribution >= 0.6 is 23.7 Å². The predicted octanol–water partition coefficient (Wildman–Crippen LogP) is 4.35. The minimum atomic E-state index is -0.805. The van der Waals surface area contributed by atoms with E-state index in [9.17, 15) is 9.90 Å². The summed E-state index contributed by atoms with van der Waals surface area (Å²) in [7, 11) is 1.85. The zero-order valence-corrected chi connectivity index (χ0v) is 20.8. The SMILES string of the molecule is Cl.Cn1nc(CC(CC(=O)O)c2cnc(C3CC3)s2)cc1OCCc1ccc2c(n1)NCCC2. The van der Waals surface area contributed by atoms with Crippen LogP contribution in [0.1, 0.15) is 64.4 Å². The molecule has 5 rings (SSSR count). The number of anilines is 1. The van der Waals surface area contributed by atoms with Gasteiger partial charge in [0.2, 0.25) is 5.88 Å². The van der Waals surface area contributed by atoms with Gasteiger partial charge in [-0.15, -0.1) is 23.7 Å². The summed E-state index contributed by atoms with van der Waals surface area (Å²) >= 11 is 1.65. The maximum atomic E-state index is 11.5. The molecule has 0 amide bonds. The van der Waals surface area contributed by atoms with Crippen molar-refractivity contribution in [3.63, 3.8) is 0 Å². The highest BCUT2D eigenvalue weighted by Crippen LogP contribution is 2.43. The fourth-order valence-corrected chi connectivity index (χ4v) is 5.44. The van der Waals surface area contributed by atoms with Crippen LogP contribution in [0.2, 0.25) is 0 Å². The molecule has 3 aromatic heterocycles. The van der Waals surface area contributed by atoms with Crippen LogP contribution in [0.5, 0.6) is 5.88 Å². The van der Waals surface area contributed by atoms with E-state index in [-0.39, 0.29) is 24.7 Å². The number of rotatable bonds is 10. The molecule has 2 aliphatic rings. The quantitative estimate of drug-likeness (QED) is 0.424. The highest BCUT2D eigenvalue weighted by Gasteiger charge is 2.28. The van der Waals surface area contributed by atoms with Gasteiger partial charge in [-0.05, 0) is 43.7 Å². The van der Waals surface area contributed by atoms with Crippen LogP contribution in [0.15, 0.2) is 24.4 Å². The molecule has 4 heterocycles. The molecule has 1 atom stereocenters. The number of aryl methyl sites for hydroxylation is 2. The number of nitrogens with one attached hydrogen (secondary N) is 1. The number of pyridine rings is 1. The normalized spacial score (nSPS) is 15.7. The van der Waals surface area contributed by atoms with Crippen LogP contribution < -0.4 is 10.1 Å². The van der Waals surface area contributed by atoms with Gasteiger partial charge in [0.1, 0.15) is 5.82 Å². The maximum Gasteiger partial charge on any atom is 0.304 e. The van der Waals surface area contributed by atoms with E-state index in [1.54, 1.807) is 16.0 Å². The Kier molecular flexibility index (Phi) is 7.73. The number of halogens is 1. The second-order valence-corrected chi connectivity index (χ2v) is 10.0. The first-order valence-corrected chi connectivity index (χ1v) is 12.4. The standard InChI is InChI=1S/C24H29N5O3S.ClH/c1-29-21(32-10-8-18-7-6-15-3-2-9-25-23(15)27-18)13-19(28-29)11-17(12-22(30)31)20-14-26-24(33-20)16-4-5-16;/h6-7,13-14,16-17H,2-5,8-12H2,1H3,(H,25,27)(H,30,31);1H. The molecule has 1 unspecified atom stereocenters. The molecule has 2 N–H and O–H groups in total. The minimum absolute atomic E-state index is 0. The minimum Gasteiger partial charge on any atom is -0.481 e. The molecular formula is C24H30ClN5O3S. The number of thiazole rings is 1. The number of hydrogen-bond donors (Lipinski definition) is 2. The number of carboxylic acids is 1. The first kappa shape index (κ1) is 24.5. The first-order valence-electron chi connectivity index (χ1n) is 11.6. The Morgan fingerprint density at radius 2 is 2.21 bits per heavy atom. The van der Waals surface area contributed by atoms with Crippen LogP contribution in [0.4, 0.5) is 5.82 Å². The second-order valence-electron chi connectivity index (χ2n) is 8.91. The van der Waals surface area contributed by atoms with Crippen LogP contribution in [0, 0.1) is 0 Å². The Bertz CT molecular complexity index is 1140. The molecule has 182 valence electrons. The number of ether oxygens (including phenoxy) is 1. The van der Waals surface area contributed by atoms with Gasteiger partial charge in [-0.1, -0.05) is 6.07 Å². The van der Waals surface area contributed by atoms with E-state index in [1.165, 1.54) is 18.4 Å². The summed E-state index contributed by atoms with van der Waals surface area (Å²) in [5.41, 5.74) is 3.11. The van der Waals surface area contributed by atoms with Crippen molar-refractivity contribution in [1.29, 1.82) is 0 Å². The van der Waals surface area contributed by atoms with Gasteiger partial charge in [-0.25, -0.2) is 14.6 Å². The van der Waals surface area contributed by atoms with Gasteiger partial charge >= 0.3 is 5.97 Å². The van der Waals surface area contributed by atoms with Crippen LogP contribution in [-0.4, -0.2) is 44.0 Å². The Hall–Kier alpha value is -2.65. The lowest BCUT2D eigenvalue weighted by molar-refractivity contribution is -0.137. The molecular weight excluding hydrogens is 474 g/mol. The third-order valence-corrected chi connectivity index (χ3v) is 7.52. The molecule has 3 aromatic rings. The Labute approximate surface area is 209 Å². The Morgan fingerprint density at radius 1 is 1.35 bits per heavy atom. The highest BCUT2D eigenvalue weighted by molar-refractivity contribution is 7.11. The molecule has 0 aromatic carbocycles. The average Bonchev–Trinajstić information content (AvgIpc) is 3.43. The van der Waals surface area contributed by atoms with Crippen LogP contribution in [-0.2, 0) is 31.1 Å². The summed E-state index contributed by atoms with van der Waals surface area (Å²) in [5.74, 6) is 1.31. The number of hydrogen-bond acceptors (Lipinski definition) is 7. The summed E-state index contributed by atoms with van der Waals surface area (Å²) in [4.78, 5) is 21.8. The molecule has 1 aliphatic carbocycles. The van der Waals surface area contributed by atoms with Gasteiger partial charge in [0, 0.05) is 54.7 Å². The number of carbonyl (C=O) groups is 1. The molecule has 1 saturated carbocycles. The van der Waals surface area contributed by atoms with Crippen molar-refractivity contribution in [3.05, 3.63) is 51.2 Å². The zero-order chi connectivity index (χ0) is 22.8. The Balaban J connectivity index is 0.00000274. The molecule has 0 bridgehead atoms. The summed E-state index contributed by atoms with van der Waals surface area (Å²) in [6.45, 7) is 1.48. The van der Waals surface area contributed by atoms with E-state index in [2.05, 4.69) is 27.5 Å². The van der Waals surface area contributed by atoms with Gasteiger partial charge in [-0.3, -0.25) is 4.79 Å². The monoisotopic (exact) mass is 503 g/mol. The largest absolute Gasteiger partial charge is 0.481 e. The predicted molar refractivity (Wildman–Crippen MR) is 133 cm³/mol. The van der Waals surface area contributed by atoms with E-state index in [1.807, 2.05) is 19.3 Å². The van der Waals surface area contributed by atoms with Crippen molar-refractivity contribution >= 4 is 35.5 Å². The molecule has 0 spiro atoms. The number of aromatic nitrogens is 4.